The van der Waals surface area contributed by atoms with Gasteiger partial charge in [-0.3, -0.25) is 4.79 Å². The number of carbonyl (C=O) groups excluding carboxylic acids is 1. The number of ketones is 1. The third kappa shape index (κ3) is 6.09. The second-order valence-corrected chi connectivity index (χ2v) is 8.13. The van der Waals surface area contributed by atoms with Crippen LogP contribution in [0, 0.1) is 0 Å². The molecular weight excluding hydrogens is 400 g/mol. The van der Waals surface area contributed by atoms with E-state index >= 15 is 0 Å². The Bertz CT molecular complexity index is 1030. The summed E-state index contributed by atoms with van der Waals surface area (Å²) in [4.78, 5) is 14.9. The molecule has 0 spiro atoms. The third-order valence-corrected chi connectivity index (χ3v) is 5.56. The van der Waals surface area contributed by atoms with E-state index in [1.807, 2.05) is 24.4 Å². The Labute approximate surface area is 190 Å². The van der Waals surface area contributed by atoms with Crippen LogP contribution in [0.1, 0.15) is 42.6 Å². The lowest BCUT2D eigenvalue weighted by molar-refractivity contribution is 0.0988. The molecule has 1 N–H and O–H groups in total. The molecule has 0 aliphatic rings. The van der Waals surface area contributed by atoms with E-state index < -0.39 is 6.10 Å². The summed E-state index contributed by atoms with van der Waals surface area (Å²) in [6, 6.07) is 15.2. The van der Waals surface area contributed by atoms with Gasteiger partial charge in [-0.2, -0.15) is 0 Å². The first-order chi connectivity index (χ1) is 15.5. The van der Waals surface area contributed by atoms with Gasteiger partial charge in [-0.1, -0.05) is 32.0 Å². The van der Waals surface area contributed by atoms with Gasteiger partial charge in [0.2, 0.25) is 0 Å². The number of para-hydroxylation sites is 1. The van der Waals surface area contributed by atoms with Crippen LogP contribution < -0.4 is 4.74 Å². The molecule has 3 aromatic rings. The van der Waals surface area contributed by atoms with Crippen molar-refractivity contribution in [2.24, 2.45) is 0 Å². The van der Waals surface area contributed by atoms with Crippen molar-refractivity contribution in [3.05, 3.63) is 71.9 Å². The van der Waals surface area contributed by atoms with Crippen molar-refractivity contribution in [2.45, 2.75) is 39.3 Å². The number of carbonyl (C=O) groups is 1. The number of rotatable bonds is 12. The summed E-state index contributed by atoms with van der Waals surface area (Å²) in [6.45, 7) is 7.51. The summed E-state index contributed by atoms with van der Waals surface area (Å²) >= 11 is 0. The topological polar surface area (TPSA) is 54.7 Å². The van der Waals surface area contributed by atoms with Crippen LogP contribution in [0.15, 0.2) is 60.8 Å². The van der Waals surface area contributed by atoms with Crippen LogP contribution in [0.2, 0.25) is 0 Å². The van der Waals surface area contributed by atoms with E-state index in [4.69, 9.17) is 4.74 Å². The summed E-state index contributed by atoms with van der Waals surface area (Å²) in [6.07, 6.45) is 7.19. The lowest BCUT2D eigenvalue weighted by Crippen LogP contribution is -2.35. The minimum absolute atomic E-state index is 0.0562. The van der Waals surface area contributed by atoms with Gasteiger partial charge in [0.15, 0.2) is 5.78 Å². The number of fused-ring (bicyclic) bond motifs is 1. The van der Waals surface area contributed by atoms with E-state index in [9.17, 15) is 9.90 Å². The maximum absolute atomic E-state index is 12.6. The van der Waals surface area contributed by atoms with Crippen LogP contribution in [-0.2, 0) is 6.54 Å². The summed E-state index contributed by atoms with van der Waals surface area (Å²) in [5.41, 5.74) is 2.64. The summed E-state index contributed by atoms with van der Waals surface area (Å²) in [7, 11) is 1.61. The predicted molar refractivity (Wildman–Crippen MR) is 131 cm³/mol. The second-order valence-electron chi connectivity index (χ2n) is 8.13. The molecule has 0 aliphatic heterocycles. The van der Waals surface area contributed by atoms with Crippen LogP contribution >= 0.6 is 0 Å². The zero-order valence-electron chi connectivity index (χ0n) is 19.3. The number of ether oxygens (including phenoxy) is 1. The van der Waals surface area contributed by atoms with E-state index in [0.717, 1.165) is 48.1 Å². The molecule has 0 saturated carbocycles. The average molecular weight is 435 g/mol. The van der Waals surface area contributed by atoms with Crippen LogP contribution in [0.3, 0.4) is 0 Å². The normalized spacial score (nSPS) is 12.7. The maximum atomic E-state index is 12.6. The lowest BCUT2D eigenvalue weighted by Gasteiger charge is -2.24. The number of nitrogens with zero attached hydrogens (tertiary/aromatic N) is 2. The van der Waals surface area contributed by atoms with Crippen LogP contribution in [0.4, 0.5) is 0 Å². The molecule has 32 heavy (non-hydrogen) atoms. The van der Waals surface area contributed by atoms with Crippen molar-refractivity contribution < 1.29 is 14.6 Å². The Morgan fingerprint density at radius 2 is 1.78 bits per heavy atom. The molecule has 0 aliphatic carbocycles. The Hall–Kier alpha value is -2.89. The van der Waals surface area contributed by atoms with E-state index in [1.165, 1.54) is 0 Å². The van der Waals surface area contributed by atoms with Gasteiger partial charge in [0, 0.05) is 41.3 Å². The molecule has 0 unspecified atom stereocenters. The van der Waals surface area contributed by atoms with Crippen molar-refractivity contribution in [2.75, 3.05) is 26.7 Å². The molecule has 5 nitrogen and oxygen atoms in total. The summed E-state index contributed by atoms with van der Waals surface area (Å²) in [5.74, 6) is 0.669. The number of aliphatic hydroxyl groups is 1. The number of benzene rings is 2. The molecule has 0 saturated heterocycles. The standard InChI is InChI=1S/C27H34N2O3/c1-4-16-28(17-5-2)19-23(30)20-29-18-22(25-8-6-7-9-26(25)29)12-15-27(31)21-10-13-24(32-3)14-11-21/h6-15,18,23,30H,4-5,16-17,19-20H2,1-3H3/b15-12+/t23-/m1/s1. The number of aromatic nitrogens is 1. The Balaban J connectivity index is 1.77. The van der Waals surface area contributed by atoms with Gasteiger partial charge in [-0.15, -0.1) is 0 Å². The molecule has 2 aromatic carbocycles. The van der Waals surface area contributed by atoms with Gasteiger partial charge < -0.3 is 19.3 Å². The highest BCUT2D eigenvalue weighted by molar-refractivity contribution is 6.07. The van der Waals surface area contributed by atoms with E-state index in [-0.39, 0.29) is 5.78 Å². The van der Waals surface area contributed by atoms with Gasteiger partial charge >= 0.3 is 0 Å². The molecule has 1 aromatic heterocycles. The van der Waals surface area contributed by atoms with Gasteiger partial charge in [0.05, 0.1) is 13.2 Å². The predicted octanol–water partition coefficient (Wildman–Crippen LogP) is 5.03. The molecule has 1 atom stereocenters. The van der Waals surface area contributed by atoms with E-state index in [1.54, 1.807) is 37.5 Å². The number of hydrogen-bond acceptors (Lipinski definition) is 4. The molecule has 0 radical (unpaired) electrons. The highest BCUT2D eigenvalue weighted by atomic mass is 16.5. The number of allylic oxidation sites excluding steroid dienone is 1. The first kappa shape index (κ1) is 23.8. The molecule has 3 rings (SSSR count). The second kappa shape index (κ2) is 11.7. The van der Waals surface area contributed by atoms with Crippen LogP contribution in [0.25, 0.3) is 17.0 Å². The molecule has 170 valence electrons. The zero-order valence-corrected chi connectivity index (χ0v) is 19.3. The third-order valence-electron chi connectivity index (χ3n) is 5.56. The average Bonchev–Trinajstić information content (AvgIpc) is 3.15. The van der Waals surface area contributed by atoms with Crippen LogP contribution in [0.5, 0.6) is 5.75 Å². The SMILES string of the molecule is CCCN(CCC)C[C@@H](O)Cn1cc(/C=C/C(=O)c2ccc(OC)cc2)c2ccccc21. The van der Waals surface area contributed by atoms with Crippen molar-refractivity contribution in [3.63, 3.8) is 0 Å². The van der Waals surface area contributed by atoms with E-state index in [0.29, 0.717) is 18.7 Å². The zero-order chi connectivity index (χ0) is 22.9. The molecule has 1 heterocycles. The van der Waals surface area contributed by atoms with Gasteiger partial charge in [-0.05, 0) is 68.4 Å². The molecule has 0 amide bonds. The molecule has 0 fully saturated rings. The largest absolute Gasteiger partial charge is 0.497 e. The van der Waals surface area contributed by atoms with Gasteiger partial charge in [0.1, 0.15) is 5.75 Å². The van der Waals surface area contributed by atoms with Crippen molar-refractivity contribution in [3.8, 4) is 5.75 Å². The maximum Gasteiger partial charge on any atom is 0.185 e. The van der Waals surface area contributed by atoms with Gasteiger partial charge in [0.25, 0.3) is 0 Å². The molecule has 5 heteroatoms. The number of hydrogen-bond donors (Lipinski definition) is 1. The fourth-order valence-electron chi connectivity index (χ4n) is 4.09. The fourth-order valence-corrected chi connectivity index (χ4v) is 4.09. The highest BCUT2D eigenvalue weighted by Crippen LogP contribution is 2.23. The van der Waals surface area contributed by atoms with Crippen molar-refractivity contribution in [1.82, 2.24) is 9.47 Å². The first-order valence-corrected chi connectivity index (χ1v) is 11.4. The molecule has 0 bridgehead atoms. The summed E-state index contributed by atoms with van der Waals surface area (Å²) in [5, 5.41) is 11.8. The number of methoxy groups -OCH3 is 1. The van der Waals surface area contributed by atoms with Crippen molar-refractivity contribution in [1.29, 1.82) is 0 Å². The number of aliphatic hydroxyl groups excluding tert-OH is 1. The fraction of sp³-hybridized carbons (Fsp3) is 0.370. The lowest BCUT2D eigenvalue weighted by atomic mass is 10.1. The Morgan fingerprint density at radius 3 is 2.44 bits per heavy atom. The highest BCUT2D eigenvalue weighted by Gasteiger charge is 2.14. The minimum atomic E-state index is -0.457. The Morgan fingerprint density at radius 1 is 1.09 bits per heavy atom. The van der Waals surface area contributed by atoms with Crippen molar-refractivity contribution >= 4 is 22.8 Å². The quantitative estimate of drug-likeness (QED) is 0.321. The summed E-state index contributed by atoms with van der Waals surface area (Å²) < 4.78 is 7.25. The van der Waals surface area contributed by atoms with Gasteiger partial charge in [-0.25, -0.2) is 0 Å². The smallest absolute Gasteiger partial charge is 0.185 e. The Kier molecular flexibility index (Phi) is 8.65. The van der Waals surface area contributed by atoms with E-state index in [2.05, 4.69) is 35.4 Å². The van der Waals surface area contributed by atoms with Crippen LogP contribution in [-0.4, -0.2) is 53.2 Å². The monoisotopic (exact) mass is 434 g/mol. The minimum Gasteiger partial charge on any atom is -0.497 e. The molecular formula is C27H34N2O3. The first-order valence-electron chi connectivity index (χ1n) is 11.4.